The third kappa shape index (κ3) is 6.98. The van der Waals surface area contributed by atoms with Crippen LogP contribution >= 0.6 is 0 Å². The summed E-state index contributed by atoms with van der Waals surface area (Å²) in [6.07, 6.45) is 6.43. The normalized spacial score (nSPS) is 19.6. The fraction of sp³-hybridized carbons (Fsp3) is 0.500. The number of esters is 1. The summed E-state index contributed by atoms with van der Waals surface area (Å²) in [6, 6.07) is 0. The van der Waals surface area contributed by atoms with Crippen LogP contribution in [0.15, 0.2) is 46.8 Å². The second-order valence-corrected chi connectivity index (χ2v) is 6.97. The Morgan fingerprint density at radius 1 is 1.31 bits per heavy atom. The van der Waals surface area contributed by atoms with Crippen LogP contribution in [-0.4, -0.2) is 39.0 Å². The van der Waals surface area contributed by atoms with Gasteiger partial charge >= 0.3 is 11.9 Å². The van der Waals surface area contributed by atoms with Gasteiger partial charge in [0.2, 0.25) is 0 Å². The van der Waals surface area contributed by atoms with E-state index in [4.69, 9.17) is 4.74 Å². The van der Waals surface area contributed by atoms with Crippen molar-refractivity contribution in [2.45, 2.75) is 65.1 Å². The second kappa shape index (κ2) is 9.50. The number of cyclic esters (lactones) is 1. The number of hydrogen-bond donors (Lipinski definition) is 3. The van der Waals surface area contributed by atoms with E-state index >= 15 is 0 Å². The predicted molar refractivity (Wildman–Crippen MR) is 98.2 cm³/mol. The van der Waals surface area contributed by atoms with Gasteiger partial charge in [0.25, 0.3) is 0 Å². The molecule has 0 aromatic rings. The van der Waals surface area contributed by atoms with E-state index in [0.717, 1.165) is 5.57 Å². The number of rotatable bonds is 9. The standard InChI is InChI=1S/C20H28O6/c1-13(2)7-5-8-15(19(23)24)9-6-10-20(4,25)17(21)12-16-14(3)11-18(22)26-16/h7,9,11-12,17,21,25H,5-6,8,10H2,1-4H3,(H,23,24)/b15-9+,16-12-. The van der Waals surface area contributed by atoms with Gasteiger partial charge in [-0.05, 0) is 65.0 Å². The number of carboxylic acid groups (broad SMARTS) is 1. The maximum absolute atomic E-state index is 11.3. The highest BCUT2D eigenvalue weighted by molar-refractivity contribution is 5.88. The Bertz CT molecular complexity index is 660. The second-order valence-electron chi connectivity index (χ2n) is 6.97. The summed E-state index contributed by atoms with van der Waals surface area (Å²) < 4.78 is 4.94. The van der Waals surface area contributed by atoms with Crippen LogP contribution in [0.5, 0.6) is 0 Å². The largest absolute Gasteiger partial charge is 0.478 e. The number of carbonyl (C=O) groups excluding carboxylic acids is 1. The average molecular weight is 364 g/mol. The molecule has 0 aromatic heterocycles. The molecular weight excluding hydrogens is 336 g/mol. The molecule has 6 heteroatoms. The number of aliphatic hydroxyl groups excluding tert-OH is 1. The molecule has 0 fully saturated rings. The third-order valence-corrected chi connectivity index (χ3v) is 4.16. The minimum atomic E-state index is -1.48. The number of ether oxygens (including phenoxy) is 1. The van der Waals surface area contributed by atoms with Crippen molar-refractivity contribution in [3.8, 4) is 0 Å². The lowest BCUT2D eigenvalue weighted by Gasteiger charge is -2.27. The molecule has 0 saturated carbocycles. The highest BCUT2D eigenvalue weighted by Gasteiger charge is 2.30. The van der Waals surface area contributed by atoms with E-state index in [1.165, 1.54) is 19.1 Å². The quantitative estimate of drug-likeness (QED) is 0.330. The smallest absolute Gasteiger partial charge is 0.336 e. The molecule has 6 nitrogen and oxygen atoms in total. The molecule has 2 atom stereocenters. The number of aliphatic hydroxyl groups is 2. The fourth-order valence-electron chi connectivity index (χ4n) is 2.45. The summed E-state index contributed by atoms with van der Waals surface area (Å²) in [4.78, 5) is 22.5. The summed E-state index contributed by atoms with van der Waals surface area (Å²) in [7, 11) is 0. The highest BCUT2D eigenvalue weighted by Crippen LogP contribution is 2.25. The van der Waals surface area contributed by atoms with E-state index in [9.17, 15) is 24.9 Å². The first-order valence-electron chi connectivity index (χ1n) is 8.61. The van der Waals surface area contributed by atoms with Gasteiger partial charge in [-0.1, -0.05) is 17.7 Å². The number of hydrogen-bond acceptors (Lipinski definition) is 5. The topological polar surface area (TPSA) is 104 Å². The number of carboxylic acids is 1. The molecule has 0 aromatic carbocycles. The first-order valence-corrected chi connectivity index (χ1v) is 8.61. The lowest BCUT2D eigenvalue weighted by molar-refractivity contribution is -0.133. The number of aliphatic carboxylic acids is 1. The Morgan fingerprint density at radius 3 is 2.46 bits per heavy atom. The molecule has 0 saturated heterocycles. The zero-order valence-electron chi connectivity index (χ0n) is 15.8. The van der Waals surface area contributed by atoms with Crippen LogP contribution in [0.2, 0.25) is 0 Å². The van der Waals surface area contributed by atoms with Crippen LogP contribution in [0.1, 0.15) is 53.4 Å². The highest BCUT2D eigenvalue weighted by atomic mass is 16.5. The summed E-state index contributed by atoms with van der Waals surface area (Å²) >= 11 is 0. The Morgan fingerprint density at radius 2 is 1.96 bits per heavy atom. The predicted octanol–water partition coefficient (Wildman–Crippen LogP) is 3.02. The Hall–Kier alpha value is -2.18. The lowest BCUT2D eigenvalue weighted by atomic mass is 9.91. The van der Waals surface area contributed by atoms with Crippen LogP contribution < -0.4 is 0 Å². The van der Waals surface area contributed by atoms with Crippen LogP contribution in [-0.2, 0) is 14.3 Å². The van der Waals surface area contributed by atoms with Crippen molar-refractivity contribution in [2.75, 3.05) is 0 Å². The molecule has 0 spiro atoms. The van der Waals surface area contributed by atoms with Gasteiger partial charge in [0.05, 0.1) is 5.60 Å². The summed E-state index contributed by atoms with van der Waals surface area (Å²) in [5.74, 6) is -1.26. The molecule has 1 rings (SSSR count). The third-order valence-electron chi connectivity index (χ3n) is 4.16. The first-order chi connectivity index (χ1) is 12.0. The van der Waals surface area contributed by atoms with Gasteiger partial charge in [0.15, 0.2) is 0 Å². The molecule has 3 N–H and O–H groups in total. The Kier molecular flexibility index (Phi) is 7.99. The maximum Gasteiger partial charge on any atom is 0.336 e. The maximum atomic E-state index is 11.3. The van der Waals surface area contributed by atoms with Crippen molar-refractivity contribution in [3.05, 3.63) is 46.8 Å². The number of allylic oxidation sites excluding steroid dienone is 4. The van der Waals surface area contributed by atoms with Crippen molar-refractivity contribution < 1.29 is 29.6 Å². The van der Waals surface area contributed by atoms with Gasteiger partial charge in [-0.15, -0.1) is 0 Å². The molecule has 0 radical (unpaired) electrons. The van der Waals surface area contributed by atoms with Crippen molar-refractivity contribution in [3.63, 3.8) is 0 Å². The van der Waals surface area contributed by atoms with Gasteiger partial charge in [0, 0.05) is 11.6 Å². The van der Waals surface area contributed by atoms with E-state index in [1.807, 2.05) is 19.9 Å². The molecule has 144 valence electrons. The average Bonchev–Trinajstić information content (AvgIpc) is 2.82. The van der Waals surface area contributed by atoms with Crippen LogP contribution in [0.3, 0.4) is 0 Å². The molecule has 1 heterocycles. The van der Waals surface area contributed by atoms with Crippen LogP contribution in [0.4, 0.5) is 0 Å². The summed E-state index contributed by atoms with van der Waals surface area (Å²) in [5, 5.41) is 29.9. The van der Waals surface area contributed by atoms with Crippen molar-refractivity contribution >= 4 is 11.9 Å². The molecule has 2 unspecified atom stereocenters. The minimum absolute atomic E-state index is 0.161. The zero-order chi connectivity index (χ0) is 19.9. The Labute approximate surface area is 154 Å². The minimum Gasteiger partial charge on any atom is -0.478 e. The van der Waals surface area contributed by atoms with Gasteiger partial charge in [0.1, 0.15) is 11.9 Å². The molecule has 1 aliphatic heterocycles. The van der Waals surface area contributed by atoms with E-state index in [0.29, 0.717) is 24.8 Å². The zero-order valence-corrected chi connectivity index (χ0v) is 15.8. The van der Waals surface area contributed by atoms with Gasteiger partial charge in [-0.25, -0.2) is 9.59 Å². The lowest BCUT2D eigenvalue weighted by Crippen LogP contribution is -2.38. The van der Waals surface area contributed by atoms with E-state index < -0.39 is 23.6 Å². The Balaban J connectivity index is 2.68. The fourth-order valence-corrected chi connectivity index (χ4v) is 2.45. The van der Waals surface area contributed by atoms with E-state index in [-0.39, 0.29) is 17.8 Å². The molecule has 26 heavy (non-hydrogen) atoms. The van der Waals surface area contributed by atoms with Crippen molar-refractivity contribution in [1.29, 1.82) is 0 Å². The summed E-state index contributed by atoms with van der Waals surface area (Å²) in [6.45, 7) is 7.04. The van der Waals surface area contributed by atoms with Crippen LogP contribution in [0, 0.1) is 0 Å². The van der Waals surface area contributed by atoms with Gasteiger partial charge in [-0.2, -0.15) is 0 Å². The number of carbonyl (C=O) groups is 2. The van der Waals surface area contributed by atoms with E-state index in [2.05, 4.69) is 0 Å². The van der Waals surface area contributed by atoms with Crippen molar-refractivity contribution in [2.24, 2.45) is 0 Å². The van der Waals surface area contributed by atoms with Gasteiger partial charge in [-0.3, -0.25) is 0 Å². The monoisotopic (exact) mass is 364 g/mol. The first kappa shape index (κ1) is 21.9. The molecule has 0 amide bonds. The van der Waals surface area contributed by atoms with Gasteiger partial charge < -0.3 is 20.1 Å². The molecule has 0 aliphatic carbocycles. The molecule has 1 aliphatic rings. The SMILES string of the molecule is CC(C)=CCC/C(=C\CCC(C)(O)C(O)/C=C1\OC(=O)C=C1C)C(=O)O. The van der Waals surface area contributed by atoms with Crippen LogP contribution in [0.25, 0.3) is 0 Å². The molecular formula is C20H28O6. The van der Waals surface area contributed by atoms with E-state index in [1.54, 1.807) is 13.0 Å². The molecule has 0 bridgehead atoms. The van der Waals surface area contributed by atoms with Crippen molar-refractivity contribution in [1.82, 2.24) is 0 Å². The summed E-state index contributed by atoms with van der Waals surface area (Å²) in [5.41, 5.74) is 0.514.